The van der Waals surface area contributed by atoms with Crippen LogP contribution in [0, 0.1) is 0 Å². The molecule has 0 bridgehead atoms. The fourth-order valence-electron chi connectivity index (χ4n) is 3.39. The summed E-state index contributed by atoms with van der Waals surface area (Å²) in [4.78, 5) is 5.16. The van der Waals surface area contributed by atoms with Crippen LogP contribution < -0.4 is 5.32 Å². The molecule has 0 fully saturated rings. The van der Waals surface area contributed by atoms with E-state index in [2.05, 4.69) is 59.8 Å². The predicted octanol–water partition coefficient (Wildman–Crippen LogP) is 4.17. The molecule has 2 aromatic heterocycles. The van der Waals surface area contributed by atoms with Crippen molar-refractivity contribution < 1.29 is 0 Å². The maximum atomic E-state index is 4.70. The molecule has 0 saturated heterocycles. The fourth-order valence-corrected chi connectivity index (χ4v) is 3.39. The summed E-state index contributed by atoms with van der Waals surface area (Å²) in [7, 11) is 0. The van der Waals surface area contributed by atoms with E-state index in [1.807, 2.05) is 23.0 Å². The summed E-state index contributed by atoms with van der Waals surface area (Å²) in [6.07, 6.45) is 4.11. The molecule has 2 aromatic carbocycles. The van der Waals surface area contributed by atoms with Crippen LogP contribution in [0.15, 0.2) is 60.8 Å². The lowest BCUT2D eigenvalue weighted by molar-refractivity contribution is 0.521. The lowest BCUT2D eigenvalue weighted by Gasteiger charge is -2.04. The molecule has 0 aliphatic rings. The monoisotopic (exact) mass is 359 g/mol. The lowest BCUT2D eigenvalue weighted by atomic mass is 10.1. The second-order valence-corrected chi connectivity index (χ2v) is 6.74. The summed E-state index contributed by atoms with van der Waals surface area (Å²) >= 11 is 0. The first-order chi connectivity index (χ1) is 13.3. The van der Waals surface area contributed by atoms with Gasteiger partial charge in [0.2, 0.25) is 0 Å². The number of aromatic amines is 1. The number of benzene rings is 2. The number of aryl methyl sites for hydroxylation is 1. The highest BCUT2D eigenvalue weighted by atomic mass is 15.5. The van der Waals surface area contributed by atoms with Crippen molar-refractivity contribution in [3.8, 4) is 11.3 Å². The van der Waals surface area contributed by atoms with E-state index < -0.39 is 0 Å². The van der Waals surface area contributed by atoms with Crippen molar-refractivity contribution in [1.82, 2.24) is 25.3 Å². The molecule has 2 N–H and O–H groups in total. The highest BCUT2D eigenvalue weighted by Crippen LogP contribution is 2.20. The van der Waals surface area contributed by atoms with E-state index in [-0.39, 0.29) is 0 Å². The van der Waals surface area contributed by atoms with Crippen LogP contribution in [-0.2, 0) is 19.5 Å². The minimum atomic E-state index is 0.719. The Morgan fingerprint density at radius 2 is 1.81 bits per heavy atom. The summed E-state index contributed by atoms with van der Waals surface area (Å²) in [5.41, 5.74) is 5.64. The molecule has 4 aromatic rings. The molecule has 138 valence electrons. The van der Waals surface area contributed by atoms with Crippen LogP contribution >= 0.6 is 0 Å². The Morgan fingerprint density at radius 1 is 1.00 bits per heavy atom. The third-order valence-corrected chi connectivity index (χ3v) is 4.73. The highest BCUT2D eigenvalue weighted by Gasteiger charge is 2.12. The average molecular weight is 359 g/mol. The number of hydrogen-bond acceptors (Lipinski definition) is 3. The number of hydrogen-bond donors (Lipinski definition) is 2. The fraction of sp³-hybridized carbons (Fsp3) is 0.273. The van der Waals surface area contributed by atoms with E-state index in [1.165, 1.54) is 16.5 Å². The molecule has 0 saturated carbocycles. The number of rotatable bonds is 8. The first kappa shape index (κ1) is 17.5. The Hall–Kier alpha value is -2.92. The van der Waals surface area contributed by atoms with Gasteiger partial charge in [0.1, 0.15) is 11.4 Å². The van der Waals surface area contributed by atoms with E-state index in [0.29, 0.717) is 0 Å². The van der Waals surface area contributed by atoms with Gasteiger partial charge in [-0.3, -0.25) is 0 Å². The normalized spacial score (nSPS) is 11.3. The minimum absolute atomic E-state index is 0.719. The average Bonchev–Trinajstić information content (AvgIpc) is 3.30. The SMILES string of the molecule is CCCn1nc(CNCCc2c[nH]c3ccccc23)c(-c2ccccc2)n1. The third-order valence-electron chi connectivity index (χ3n) is 4.73. The number of H-pyrrole nitrogens is 1. The van der Waals surface area contributed by atoms with Gasteiger partial charge >= 0.3 is 0 Å². The summed E-state index contributed by atoms with van der Waals surface area (Å²) in [5.74, 6) is 0. The van der Waals surface area contributed by atoms with Gasteiger partial charge in [-0.2, -0.15) is 15.0 Å². The van der Waals surface area contributed by atoms with Crippen LogP contribution in [0.3, 0.4) is 0 Å². The molecule has 5 heteroatoms. The number of aromatic nitrogens is 4. The molecule has 2 heterocycles. The van der Waals surface area contributed by atoms with Crippen molar-refractivity contribution in [2.45, 2.75) is 32.9 Å². The van der Waals surface area contributed by atoms with Crippen molar-refractivity contribution in [3.05, 3.63) is 72.1 Å². The number of fused-ring (bicyclic) bond motifs is 1. The largest absolute Gasteiger partial charge is 0.361 e. The first-order valence-corrected chi connectivity index (χ1v) is 9.60. The molecular formula is C22H25N5. The summed E-state index contributed by atoms with van der Waals surface area (Å²) in [6, 6.07) is 18.7. The van der Waals surface area contributed by atoms with Gasteiger partial charge in [-0.1, -0.05) is 55.5 Å². The molecule has 0 atom stereocenters. The van der Waals surface area contributed by atoms with Gasteiger partial charge in [0.05, 0.1) is 6.54 Å². The molecule has 4 rings (SSSR count). The van der Waals surface area contributed by atoms with Crippen LogP contribution in [0.4, 0.5) is 0 Å². The number of nitrogens with one attached hydrogen (secondary N) is 2. The summed E-state index contributed by atoms with van der Waals surface area (Å²) < 4.78 is 0. The van der Waals surface area contributed by atoms with Gasteiger partial charge < -0.3 is 10.3 Å². The molecule has 0 aliphatic heterocycles. The van der Waals surface area contributed by atoms with Gasteiger partial charge in [-0.05, 0) is 31.0 Å². The smallest absolute Gasteiger partial charge is 0.117 e. The van der Waals surface area contributed by atoms with E-state index in [0.717, 1.165) is 49.4 Å². The molecule has 0 radical (unpaired) electrons. The molecule has 0 aliphatic carbocycles. The second kappa shape index (κ2) is 8.18. The molecule has 5 nitrogen and oxygen atoms in total. The van der Waals surface area contributed by atoms with Gasteiger partial charge in [0.25, 0.3) is 0 Å². The molecule has 0 amide bonds. The summed E-state index contributed by atoms with van der Waals surface area (Å²) in [6.45, 7) is 4.60. The van der Waals surface area contributed by atoms with Crippen LogP contribution in [0.1, 0.15) is 24.6 Å². The Morgan fingerprint density at radius 3 is 2.67 bits per heavy atom. The maximum absolute atomic E-state index is 4.70. The Kier molecular flexibility index (Phi) is 5.30. The van der Waals surface area contributed by atoms with E-state index in [9.17, 15) is 0 Å². The maximum Gasteiger partial charge on any atom is 0.117 e. The summed E-state index contributed by atoms with van der Waals surface area (Å²) in [5, 5.41) is 14.2. The Labute approximate surface area is 159 Å². The molecular weight excluding hydrogens is 334 g/mol. The Bertz CT molecular complexity index is 1000. The van der Waals surface area contributed by atoms with Crippen LogP contribution in [0.2, 0.25) is 0 Å². The zero-order valence-electron chi connectivity index (χ0n) is 15.7. The van der Waals surface area contributed by atoms with Gasteiger partial charge in [-0.25, -0.2) is 0 Å². The minimum Gasteiger partial charge on any atom is -0.361 e. The molecule has 27 heavy (non-hydrogen) atoms. The number of para-hydroxylation sites is 1. The van der Waals surface area contributed by atoms with Crippen molar-refractivity contribution in [1.29, 1.82) is 0 Å². The quantitative estimate of drug-likeness (QED) is 0.464. The second-order valence-electron chi connectivity index (χ2n) is 6.74. The molecule has 0 spiro atoms. The van der Waals surface area contributed by atoms with Crippen molar-refractivity contribution in [2.24, 2.45) is 0 Å². The Balaban J connectivity index is 1.43. The van der Waals surface area contributed by atoms with Crippen molar-refractivity contribution in [3.63, 3.8) is 0 Å². The van der Waals surface area contributed by atoms with E-state index in [1.54, 1.807) is 0 Å². The zero-order chi connectivity index (χ0) is 18.5. The van der Waals surface area contributed by atoms with Crippen LogP contribution in [-0.4, -0.2) is 26.5 Å². The predicted molar refractivity (Wildman–Crippen MR) is 109 cm³/mol. The topological polar surface area (TPSA) is 58.5 Å². The van der Waals surface area contributed by atoms with E-state index in [4.69, 9.17) is 10.2 Å². The van der Waals surface area contributed by atoms with Crippen molar-refractivity contribution in [2.75, 3.05) is 6.54 Å². The highest BCUT2D eigenvalue weighted by molar-refractivity contribution is 5.83. The third kappa shape index (κ3) is 3.93. The first-order valence-electron chi connectivity index (χ1n) is 9.60. The van der Waals surface area contributed by atoms with Gasteiger partial charge in [0.15, 0.2) is 0 Å². The van der Waals surface area contributed by atoms with Crippen LogP contribution in [0.25, 0.3) is 22.2 Å². The number of nitrogens with zero attached hydrogens (tertiary/aromatic N) is 3. The van der Waals surface area contributed by atoms with Gasteiger partial charge in [-0.15, -0.1) is 0 Å². The van der Waals surface area contributed by atoms with Crippen molar-refractivity contribution >= 4 is 10.9 Å². The zero-order valence-corrected chi connectivity index (χ0v) is 15.7. The van der Waals surface area contributed by atoms with Gasteiger partial charge in [0, 0.05) is 29.2 Å². The molecule has 0 unspecified atom stereocenters. The standard InChI is InChI=1S/C22H25N5/c1-2-14-27-25-21(22(26-27)17-8-4-3-5-9-17)16-23-13-12-18-15-24-20-11-7-6-10-19(18)20/h3-11,15,23-24H,2,12-14,16H2,1H3. The lowest BCUT2D eigenvalue weighted by Crippen LogP contribution is -2.17. The van der Waals surface area contributed by atoms with E-state index >= 15 is 0 Å². The van der Waals surface area contributed by atoms with Crippen LogP contribution in [0.5, 0.6) is 0 Å².